The van der Waals surface area contributed by atoms with Crippen LogP contribution in [-0.2, 0) is 71.3 Å². The second-order valence-electron chi connectivity index (χ2n) is 31.3. The van der Waals surface area contributed by atoms with Crippen molar-refractivity contribution in [1.29, 1.82) is 0 Å². The Bertz CT molecular complexity index is 1810. The molecule has 0 aliphatic carbocycles. The summed E-state index contributed by atoms with van der Waals surface area (Å²) in [5.74, 6) is -6.46. The van der Waals surface area contributed by atoms with Gasteiger partial charge in [0.15, 0.2) is 0 Å². The molecule has 0 aromatic rings. The molecule has 6 unspecified atom stereocenters. The Morgan fingerprint density at radius 1 is 0.308 bits per heavy atom. The zero-order valence-corrected chi connectivity index (χ0v) is 69.8. The van der Waals surface area contributed by atoms with Crippen molar-refractivity contribution in [3.63, 3.8) is 0 Å². The zero-order valence-electron chi connectivity index (χ0n) is 67.8. The largest absolute Gasteiger partial charge is 2.00 e. The summed E-state index contributed by atoms with van der Waals surface area (Å²) in [5.41, 5.74) is 0.0136. The minimum Gasteiger partial charge on any atom is -0.550 e. The van der Waals surface area contributed by atoms with Gasteiger partial charge < -0.3 is 70.7 Å². The topological polar surface area (TPSA) is 334 Å². The van der Waals surface area contributed by atoms with E-state index in [1.54, 1.807) is 0 Å². The summed E-state index contributed by atoms with van der Waals surface area (Å²) in [4.78, 5) is 84.6. The van der Waals surface area contributed by atoms with E-state index in [0.717, 1.165) is 154 Å². The molecule has 0 aromatic heterocycles. The first-order valence-electron chi connectivity index (χ1n) is 41.7. The Balaban J connectivity index is -0.000000281. The molecule has 6 N–H and O–H groups in total. The van der Waals surface area contributed by atoms with Gasteiger partial charge in [0, 0.05) is 59.9 Å². The van der Waals surface area contributed by atoms with Gasteiger partial charge in [-0.25, -0.2) is 0 Å². The van der Waals surface area contributed by atoms with Crippen molar-refractivity contribution in [2.24, 2.45) is 23.7 Å². The molecule has 2 saturated heterocycles. The molecule has 18 nitrogen and oxygen atoms in total. The Labute approximate surface area is 655 Å². The first-order chi connectivity index (χ1) is 48.5. The van der Waals surface area contributed by atoms with Crippen LogP contribution in [0.2, 0.25) is 0 Å². The number of carbonyl (C=O) groups excluding carboxylic acids is 4. The standard InChI is InChI=1S/2C18H33NO4.4C12H24O2.2Ni/c2*1-13-11-14(12-18(2,3)19-13)15(17(22)23)9-7-5-4-6-8-10-16(20)21;4*1-2-3-4-5-6-7-8-9-10-11-12(13)14;;/h2*13-15,19H,4-12H2,1-3H3,(H,20,21)(H,22,23);4*2-11H2,1H3,(H,13,14);;/q;;;;;;2*+2/p-4. The minimum atomic E-state index is -0.909. The van der Waals surface area contributed by atoms with Crippen LogP contribution in [0.15, 0.2) is 0 Å². The maximum Gasteiger partial charge on any atom is 2.00 e. The van der Waals surface area contributed by atoms with Crippen LogP contribution < -0.4 is 31.1 Å². The average molecular weight is 1570 g/mol. The average Bonchev–Trinajstić information content (AvgIpc) is 0.832. The van der Waals surface area contributed by atoms with Crippen LogP contribution in [0.5, 0.6) is 0 Å². The molecule has 2 fully saturated rings. The fraction of sp³-hybridized carbons (Fsp3) is 0.905. The van der Waals surface area contributed by atoms with Gasteiger partial charge in [0.2, 0.25) is 0 Å². The molecule has 0 saturated carbocycles. The summed E-state index contributed by atoms with van der Waals surface area (Å²) >= 11 is 0. The number of carboxylic acids is 8. The molecule has 0 spiro atoms. The number of hydrogen-bond acceptors (Lipinski definition) is 14. The molecule has 2 aliphatic rings. The van der Waals surface area contributed by atoms with E-state index in [1.807, 2.05) is 0 Å². The van der Waals surface area contributed by atoms with E-state index >= 15 is 0 Å². The normalized spacial score (nSPS) is 16.6. The molecule has 104 heavy (non-hydrogen) atoms. The van der Waals surface area contributed by atoms with E-state index in [2.05, 4.69) is 79.9 Å². The predicted molar refractivity (Wildman–Crippen MR) is 408 cm³/mol. The van der Waals surface area contributed by atoms with Crippen molar-refractivity contribution in [2.45, 2.75) is 465 Å². The Morgan fingerprint density at radius 3 is 0.644 bits per heavy atom. The van der Waals surface area contributed by atoms with Crippen molar-refractivity contribution < 1.29 is 112 Å². The van der Waals surface area contributed by atoms with Crippen LogP contribution >= 0.6 is 0 Å². The van der Waals surface area contributed by atoms with Crippen LogP contribution in [0.4, 0.5) is 0 Å². The number of aliphatic carboxylic acids is 8. The van der Waals surface area contributed by atoms with Crippen LogP contribution in [0.25, 0.3) is 0 Å². The third-order valence-electron chi connectivity index (χ3n) is 19.7. The fourth-order valence-electron chi connectivity index (χ4n) is 14.4. The van der Waals surface area contributed by atoms with Crippen molar-refractivity contribution in [2.75, 3.05) is 0 Å². The quantitative estimate of drug-likeness (QED) is 0.0243. The predicted octanol–water partition coefficient (Wildman–Crippen LogP) is 18.0. The first-order valence-corrected chi connectivity index (χ1v) is 41.7. The third-order valence-corrected chi connectivity index (χ3v) is 19.7. The minimum absolute atomic E-state index is 0. The summed E-state index contributed by atoms with van der Waals surface area (Å²) in [6, 6.07) is 0.725. The second kappa shape index (κ2) is 79.2. The molecule has 2 rings (SSSR count). The van der Waals surface area contributed by atoms with Gasteiger partial charge in [-0.2, -0.15) is 0 Å². The van der Waals surface area contributed by atoms with E-state index in [1.165, 1.54) is 180 Å². The summed E-state index contributed by atoms with van der Waals surface area (Å²) in [6.07, 6.45) is 59.4. The number of rotatable bonds is 60. The summed E-state index contributed by atoms with van der Waals surface area (Å²) in [5, 5.41) is 83.8. The van der Waals surface area contributed by atoms with Gasteiger partial charge in [-0.1, -0.05) is 285 Å². The van der Waals surface area contributed by atoms with Gasteiger partial charge in [0.1, 0.15) is 0 Å². The van der Waals surface area contributed by atoms with Crippen LogP contribution in [0.1, 0.15) is 442 Å². The van der Waals surface area contributed by atoms with Gasteiger partial charge in [-0.05, 0) is 156 Å². The van der Waals surface area contributed by atoms with E-state index in [9.17, 15) is 69.0 Å². The molecule has 2 aliphatic heterocycles. The molecule has 6 atom stereocenters. The van der Waals surface area contributed by atoms with Gasteiger partial charge in [-0.3, -0.25) is 19.2 Å². The maximum atomic E-state index is 11.7. The number of nitrogens with one attached hydrogen (secondary N) is 2. The van der Waals surface area contributed by atoms with Crippen LogP contribution in [-0.4, -0.2) is 91.3 Å². The smallest absolute Gasteiger partial charge is 0.550 e. The summed E-state index contributed by atoms with van der Waals surface area (Å²) < 4.78 is 0. The van der Waals surface area contributed by atoms with Crippen molar-refractivity contribution in [1.82, 2.24) is 10.6 Å². The SMILES string of the molecule is CC1CC(C(CCCCCCCC(=O)O)C(=O)O)CC(C)(C)N1.CC1CC(C(CCCCCCCC(=O)O)C(=O)O)CC(C)(C)N1.CCCCCCCCCCCC(=O)[O-].CCCCCCCCCCCC(=O)[O-].CCCCCCCCCCCC(=O)[O-].CCCCCCCCCCCC(=O)[O-].[Ni+2].[Ni+2]. The molecule has 20 heteroatoms. The van der Waals surface area contributed by atoms with Crippen molar-refractivity contribution in [3.05, 3.63) is 0 Å². The van der Waals surface area contributed by atoms with Gasteiger partial charge in [0.05, 0.1) is 11.8 Å². The molecule has 0 amide bonds. The van der Waals surface area contributed by atoms with Crippen molar-refractivity contribution >= 4 is 47.8 Å². The molecule has 0 bridgehead atoms. The van der Waals surface area contributed by atoms with E-state index in [4.69, 9.17) is 10.2 Å². The molecule has 0 radical (unpaired) electrons. The van der Waals surface area contributed by atoms with Crippen LogP contribution in [0, 0.1) is 23.7 Å². The first kappa shape index (κ1) is 112. The van der Waals surface area contributed by atoms with Crippen molar-refractivity contribution in [3.8, 4) is 0 Å². The number of hydrogen-bond donors (Lipinski definition) is 6. The third kappa shape index (κ3) is 85.9. The van der Waals surface area contributed by atoms with Gasteiger partial charge in [-0.15, -0.1) is 0 Å². The van der Waals surface area contributed by atoms with Gasteiger partial charge in [0.25, 0.3) is 0 Å². The number of unbranched alkanes of at least 4 members (excludes halogenated alkanes) is 40. The number of carboxylic acid groups (broad SMARTS) is 8. The molecular formula is C84H158N2Ni2O16. The number of piperidine rings is 2. The summed E-state index contributed by atoms with van der Waals surface area (Å²) in [7, 11) is 0. The molecule has 0 aromatic carbocycles. The monoisotopic (exact) mass is 1570 g/mol. The van der Waals surface area contributed by atoms with Gasteiger partial charge >= 0.3 is 56.9 Å². The van der Waals surface area contributed by atoms with E-state index in [-0.39, 0.29) is 106 Å². The summed E-state index contributed by atoms with van der Waals surface area (Å²) in [6.45, 7) is 21.8. The Morgan fingerprint density at radius 2 is 0.481 bits per heavy atom. The second-order valence-corrected chi connectivity index (χ2v) is 31.3. The zero-order chi connectivity index (χ0) is 77.5. The number of carbonyl (C=O) groups is 8. The molecular weight excluding hydrogens is 1410 g/mol. The molecule has 2 heterocycles. The Hall–Kier alpha value is -3.33. The Kier molecular flexibility index (Phi) is 85.0. The fourth-order valence-corrected chi connectivity index (χ4v) is 14.4. The maximum absolute atomic E-state index is 11.7. The van der Waals surface area contributed by atoms with E-state index in [0.29, 0.717) is 12.1 Å². The van der Waals surface area contributed by atoms with E-state index < -0.39 is 47.8 Å². The van der Waals surface area contributed by atoms with Crippen LogP contribution in [0.3, 0.4) is 0 Å². The molecule has 620 valence electrons.